The van der Waals surface area contributed by atoms with Crippen molar-refractivity contribution >= 4 is 86.0 Å². The Kier molecular flexibility index (Phi) is 16.6. The second kappa shape index (κ2) is 22.4. The molecule has 28 heteroatoms. The molecule has 17 nitrogen and oxygen atoms in total. The van der Waals surface area contributed by atoms with Gasteiger partial charge in [0.05, 0.1) is 60.1 Å². The average Bonchev–Trinajstić information content (AvgIpc) is 4.10. The molecular formula is C44H39BrF6N8O9S4. The van der Waals surface area contributed by atoms with Gasteiger partial charge >= 0.3 is 12.4 Å². The Morgan fingerprint density at radius 1 is 0.736 bits per heavy atom. The summed E-state index contributed by atoms with van der Waals surface area (Å²) in [6.45, 7) is 1.84. The third-order valence-corrected chi connectivity index (χ3v) is 15.4. The van der Waals surface area contributed by atoms with E-state index in [9.17, 15) is 43.2 Å². The van der Waals surface area contributed by atoms with E-state index in [0.717, 1.165) is 34.7 Å². The predicted molar refractivity (Wildman–Crippen MR) is 260 cm³/mol. The Balaban J connectivity index is 0.000000171. The molecule has 382 valence electrons. The molecule has 2 N–H and O–H groups in total. The summed E-state index contributed by atoms with van der Waals surface area (Å²) in [7, 11) is -3.65. The van der Waals surface area contributed by atoms with Crippen LogP contribution in [0.25, 0.3) is 0 Å². The maximum absolute atomic E-state index is 13.4. The number of nitrogens with one attached hydrogen (secondary N) is 2. The number of ether oxygens (including phenoxy) is 5. The minimum Gasteiger partial charge on any atom is -0.497 e. The van der Waals surface area contributed by atoms with Crippen molar-refractivity contribution in [3.05, 3.63) is 130 Å². The van der Waals surface area contributed by atoms with Crippen molar-refractivity contribution in [2.75, 3.05) is 66.9 Å². The third kappa shape index (κ3) is 12.7. The Morgan fingerprint density at radius 2 is 1.36 bits per heavy atom. The predicted octanol–water partition coefficient (Wildman–Crippen LogP) is 10.1. The molecule has 3 aromatic carbocycles. The average molecular weight is 1150 g/mol. The minimum absolute atomic E-state index is 0.0409. The Labute approximate surface area is 424 Å². The maximum Gasteiger partial charge on any atom is 0.433 e. The van der Waals surface area contributed by atoms with E-state index in [0.29, 0.717) is 52.2 Å². The van der Waals surface area contributed by atoms with E-state index in [4.69, 9.17) is 18.9 Å². The number of rotatable bonds is 12. The first-order chi connectivity index (χ1) is 34.2. The molecule has 9 rings (SSSR count). The van der Waals surface area contributed by atoms with Gasteiger partial charge < -0.3 is 33.9 Å². The smallest absolute Gasteiger partial charge is 0.433 e. The first-order valence-corrected chi connectivity index (χ1v) is 26.1. The molecule has 2 aliphatic rings. The molecule has 0 saturated carbocycles. The van der Waals surface area contributed by atoms with Crippen molar-refractivity contribution in [1.82, 2.24) is 19.9 Å². The standard InChI is InChI=1S/C19H19N3O4S2.C18H15F3N4O4S2.C7H5BrF3NO/c1-25-15-4-2-14(3-5-15)13-22(19-21-9-11-27-19)28(23,24)16-6-7-17-18(12-16)26-10-8-20-17;1-28-16-13(4-5-15(23-16)18(19,20)21)25-7-8-29-14-10-11(2-3-12(14)25)31(26,27)24-17-22-6-9-30-17;1-13-6-4(8)2-3-5(12-6)7(9,10)11/h2-7,9,11-12,20H,8,10,13H2,1H3;2-6,9-10H,7-8H2,1H3,(H,22,24);2-3H,1H3. The van der Waals surface area contributed by atoms with Gasteiger partial charge in [-0.25, -0.2) is 41.1 Å². The number of benzene rings is 3. The van der Waals surface area contributed by atoms with Gasteiger partial charge in [0.2, 0.25) is 11.8 Å². The van der Waals surface area contributed by atoms with Gasteiger partial charge in [0.25, 0.3) is 20.0 Å². The SMILES string of the molecule is COc1ccc(CN(c2nccs2)S(=O)(=O)c2ccc3c(c2)OCCN3)cc1.COc1nc(C(F)(F)F)ccc1Br.COc1nc(C(F)(F)F)ccc1N1CCOc2cc(S(=O)(=O)Nc3nccs3)ccc21. The minimum atomic E-state index is -4.61. The number of methoxy groups -OCH3 is 3. The number of halogens is 7. The van der Waals surface area contributed by atoms with Crippen molar-refractivity contribution in [2.24, 2.45) is 0 Å². The van der Waals surface area contributed by atoms with Crippen LogP contribution in [0.2, 0.25) is 0 Å². The zero-order chi connectivity index (χ0) is 51.8. The number of alkyl halides is 6. The zero-order valence-electron chi connectivity index (χ0n) is 37.6. The van der Waals surface area contributed by atoms with E-state index < -0.39 is 43.8 Å². The molecule has 72 heavy (non-hydrogen) atoms. The van der Waals surface area contributed by atoms with E-state index >= 15 is 0 Å². The van der Waals surface area contributed by atoms with E-state index in [1.165, 1.54) is 66.4 Å². The number of anilines is 5. The largest absolute Gasteiger partial charge is 0.497 e. The fourth-order valence-corrected chi connectivity index (χ4v) is 11.1. The summed E-state index contributed by atoms with van der Waals surface area (Å²) in [4.78, 5) is 16.7. The molecule has 0 saturated heterocycles. The number of fused-ring (bicyclic) bond motifs is 2. The number of sulfonamides is 2. The summed E-state index contributed by atoms with van der Waals surface area (Å²) in [5.41, 5.74) is 0.358. The number of nitrogens with zero attached hydrogens (tertiary/aromatic N) is 6. The van der Waals surface area contributed by atoms with Crippen LogP contribution in [0.4, 0.5) is 53.7 Å². The number of hydrogen-bond donors (Lipinski definition) is 2. The summed E-state index contributed by atoms with van der Waals surface area (Å²) in [5.74, 6) is 1.23. The number of thiazole rings is 2. The van der Waals surface area contributed by atoms with Gasteiger partial charge in [0, 0.05) is 41.8 Å². The lowest BCUT2D eigenvalue weighted by atomic mass is 10.2. The van der Waals surface area contributed by atoms with Gasteiger partial charge in [-0.2, -0.15) is 26.3 Å². The van der Waals surface area contributed by atoms with E-state index in [-0.39, 0.29) is 45.6 Å². The highest BCUT2D eigenvalue weighted by Gasteiger charge is 2.35. The maximum atomic E-state index is 13.4. The highest BCUT2D eigenvalue weighted by Crippen LogP contribution is 2.43. The van der Waals surface area contributed by atoms with Gasteiger partial charge in [-0.05, 0) is 82.2 Å². The fraction of sp³-hybridized carbons (Fsp3) is 0.227. The number of pyridine rings is 2. The Morgan fingerprint density at radius 3 is 2.00 bits per heavy atom. The lowest BCUT2D eigenvalue weighted by Crippen LogP contribution is -2.30. The molecule has 0 bridgehead atoms. The van der Waals surface area contributed by atoms with Crippen molar-refractivity contribution in [3.8, 4) is 29.0 Å². The topological polar surface area (TPSA) is 197 Å². The van der Waals surface area contributed by atoms with E-state index in [1.54, 1.807) is 59.3 Å². The molecule has 4 aromatic heterocycles. The highest BCUT2D eigenvalue weighted by molar-refractivity contribution is 9.10. The normalized spacial score (nSPS) is 13.2. The van der Waals surface area contributed by atoms with Crippen LogP contribution in [0.3, 0.4) is 0 Å². The number of aromatic nitrogens is 4. The van der Waals surface area contributed by atoms with Gasteiger partial charge in [0.15, 0.2) is 10.3 Å². The summed E-state index contributed by atoms with van der Waals surface area (Å²) in [5, 5.41) is 7.22. The van der Waals surface area contributed by atoms with Crippen LogP contribution in [0.15, 0.2) is 122 Å². The van der Waals surface area contributed by atoms with Gasteiger partial charge in [-0.3, -0.25) is 4.72 Å². The molecule has 6 heterocycles. The van der Waals surface area contributed by atoms with Crippen LogP contribution in [-0.4, -0.2) is 84.4 Å². The molecule has 0 atom stereocenters. The monoisotopic (exact) mass is 1140 g/mol. The van der Waals surface area contributed by atoms with Crippen LogP contribution in [0, 0.1) is 0 Å². The molecule has 0 radical (unpaired) electrons. The molecule has 0 amide bonds. The van der Waals surface area contributed by atoms with Crippen LogP contribution >= 0.6 is 38.6 Å². The van der Waals surface area contributed by atoms with E-state index in [2.05, 4.69) is 50.6 Å². The van der Waals surface area contributed by atoms with Crippen LogP contribution in [0.5, 0.6) is 29.0 Å². The molecule has 0 fully saturated rings. The molecule has 0 unspecified atom stereocenters. The Hall–Kier alpha value is -6.62. The van der Waals surface area contributed by atoms with Crippen LogP contribution < -0.4 is 42.9 Å². The zero-order valence-corrected chi connectivity index (χ0v) is 42.4. The third-order valence-electron chi connectivity index (χ3n) is 10.0. The fourth-order valence-electron chi connectivity index (χ4n) is 6.63. The van der Waals surface area contributed by atoms with E-state index in [1.807, 2.05) is 12.1 Å². The summed E-state index contributed by atoms with van der Waals surface area (Å²) in [6, 6.07) is 20.7. The van der Waals surface area contributed by atoms with Crippen LogP contribution in [-0.2, 0) is 38.9 Å². The van der Waals surface area contributed by atoms with Crippen molar-refractivity contribution in [2.45, 2.75) is 28.7 Å². The lowest BCUT2D eigenvalue weighted by molar-refractivity contribution is -0.142. The number of hydrogen-bond acceptors (Lipinski definition) is 17. The van der Waals surface area contributed by atoms with Crippen molar-refractivity contribution in [1.29, 1.82) is 0 Å². The quantitative estimate of drug-likeness (QED) is 0.110. The van der Waals surface area contributed by atoms with Crippen molar-refractivity contribution < 1.29 is 66.9 Å². The second-order valence-electron chi connectivity index (χ2n) is 14.6. The summed E-state index contributed by atoms with van der Waals surface area (Å²) < 4.78 is 158. The lowest BCUT2D eigenvalue weighted by Gasteiger charge is -2.32. The Bertz CT molecular complexity index is 3200. The van der Waals surface area contributed by atoms with Gasteiger partial charge in [-0.15, -0.1) is 22.7 Å². The first kappa shape index (κ1) is 53.2. The summed E-state index contributed by atoms with van der Waals surface area (Å²) in [6.07, 6.45) is -5.98. The molecule has 2 aliphatic heterocycles. The molecule has 0 spiro atoms. The molecule has 7 aromatic rings. The van der Waals surface area contributed by atoms with Gasteiger partial charge in [0.1, 0.15) is 47.5 Å². The van der Waals surface area contributed by atoms with Crippen molar-refractivity contribution in [3.63, 3.8) is 0 Å². The molecular weight excluding hydrogens is 1110 g/mol. The second-order valence-corrected chi connectivity index (χ2v) is 20.8. The highest BCUT2D eigenvalue weighted by atomic mass is 79.9. The summed E-state index contributed by atoms with van der Waals surface area (Å²) >= 11 is 5.41. The first-order valence-electron chi connectivity index (χ1n) is 20.6. The van der Waals surface area contributed by atoms with Crippen LogP contribution in [0.1, 0.15) is 17.0 Å². The van der Waals surface area contributed by atoms with Gasteiger partial charge in [-0.1, -0.05) is 12.1 Å². The molecule has 0 aliphatic carbocycles.